The summed E-state index contributed by atoms with van der Waals surface area (Å²) >= 11 is 0. The smallest absolute Gasteiger partial charge is 0.322 e. The number of carbonyl (C=O) groups is 1. The van der Waals surface area contributed by atoms with Crippen LogP contribution >= 0.6 is 0 Å². The van der Waals surface area contributed by atoms with Crippen LogP contribution in [0.3, 0.4) is 0 Å². The molecule has 0 aliphatic carbocycles. The summed E-state index contributed by atoms with van der Waals surface area (Å²) in [6.45, 7) is 8.89. The molecule has 0 atom stereocenters. The molecule has 25 heavy (non-hydrogen) atoms. The Morgan fingerprint density at radius 1 is 1.08 bits per heavy atom. The van der Waals surface area contributed by atoms with Gasteiger partial charge in [0.2, 0.25) is 0 Å². The molecule has 4 nitrogen and oxygen atoms in total. The number of piperazine rings is 1. The van der Waals surface area contributed by atoms with Gasteiger partial charge in [-0.25, -0.2) is 4.79 Å². The highest BCUT2D eigenvalue weighted by molar-refractivity contribution is 5.90. The molecule has 2 aromatic carbocycles. The largest absolute Gasteiger partial charge is 0.332 e. The van der Waals surface area contributed by atoms with E-state index in [-0.39, 0.29) is 6.03 Å². The van der Waals surface area contributed by atoms with Crippen molar-refractivity contribution in [2.75, 3.05) is 38.0 Å². The third-order valence-corrected chi connectivity index (χ3v) is 5.00. The minimum Gasteiger partial charge on any atom is -0.332 e. The van der Waals surface area contributed by atoms with E-state index in [0.29, 0.717) is 0 Å². The second-order valence-electron chi connectivity index (χ2n) is 6.97. The number of anilines is 1. The molecule has 3 rings (SSSR count). The molecular weight excluding hydrogens is 310 g/mol. The molecule has 1 fully saturated rings. The highest BCUT2D eigenvalue weighted by Crippen LogP contribution is 2.16. The summed E-state index contributed by atoms with van der Waals surface area (Å²) in [6, 6.07) is 16.8. The van der Waals surface area contributed by atoms with Crippen molar-refractivity contribution in [1.29, 1.82) is 0 Å². The zero-order valence-corrected chi connectivity index (χ0v) is 15.2. The maximum absolute atomic E-state index is 12.5. The Morgan fingerprint density at radius 3 is 2.52 bits per heavy atom. The lowest BCUT2D eigenvalue weighted by atomic mass is 10.1. The first-order valence-corrected chi connectivity index (χ1v) is 9.12. The molecular formula is C21H28N3O+. The molecule has 0 spiro atoms. The summed E-state index contributed by atoms with van der Waals surface area (Å²) in [5.74, 6) is 0. The number of quaternary nitrogens is 1. The summed E-state index contributed by atoms with van der Waals surface area (Å²) in [4.78, 5) is 16.0. The van der Waals surface area contributed by atoms with Gasteiger partial charge in [-0.15, -0.1) is 0 Å². The standard InChI is InChI=1S/C21H27N3O/c1-17-8-9-18(2)20(16-17)22-21(25)24-14-12-23(13-15-24)11-10-19-6-4-3-5-7-19/h3-9,16H,10-15H2,1-2H3,(H,22,25)/p+1. The number of benzene rings is 2. The Bertz CT molecular complexity index is 706. The molecule has 0 saturated carbocycles. The van der Waals surface area contributed by atoms with Crippen LogP contribution in [0, 0.1) is 13.8 Å². The molecule has 132 valence electrons. The lowest BCUT2D eigenvalue weighted by molar-refractivity contribution is -0.903. The van der Waals surface area contributed by atoms with Crippen LogP contribution in [0.15, 0.2) is 48.5 Å². The van der Waals surface area contributed by atoms with Crippen LogP contribution in [0.2, 0.25) is 0 Å². The molecule has 2 amide bonds. The molecule has 0 unspecified atom stereocenters. The summed E-state index contributed by atoms with van der Waals surface area (Å²) in [7, 11) is 0. The van der Waals surface area contributed by atoms with Crippen LogP contribution in [0.25, 0.3) is 0 Å². The third kappa shape index (κ3) is 4.83. The number of carbonyl (C=O) groups excluding carboxylic acids is 1. The first-order valence-electron chi connectivity index (χ1n) is 9.12. The lowest BCUT2D eigenvalue weighted by Gasteiger charge is -2.32. The number of aryl methyl sites for hydroxylation is 2. The van der Waals surface area contributed by atoms with E-state index in [1.807, 2.05) is 24.8 Å². The predicted molar refractivity (Wildman–Crippen MR) is 102 cm³/mol. The molecule has 1 saturated heterocycles. The van der Waals surface area contributed by atoms with E-state index in [1.165, 1.54) is 5.56 Å². The van der Waals surface area contributed by atoms with Crippen LogP contribution in [0.5, 0.6) is 0 Å². The van der Waals surface area contributed by atoms with E-state index in [2.05, 4.69) is 47.8 Å². The number of amides is 2. The minimum atomic E-state index is 0.0239. The number of urea groups is 1. The van der Waals surface area contributed by atoms with Gasteiger partial charge in [0.1, 0.15) is 0 Å². The normalized spacial score (nSPS) is 15.2. The van der Waals surface area contributed by atoms with E-state index in [9.17, 15) is 4.79 Å². The first kappa shape index (κ1) is 17.5. The maximum atomic E-state index is 12.5. The lowest BCUT2D eigenvalue weighted by Crippen LogP contribution is -3.15. The van der Waals surface area contributed by atoms with Crippen molar-refractivity contribution in [3.05, 3.63) is 65.2 Å². The molecule has 1 aliphatic rings. The third-order valence-electron chi connectivity index (χ3n) is 5.00. The van der Waals surface area contributed by atoms with Gasteiger partial charge in [0.05, 0.1) is 32.7 Å². The number of hydrogen-bond donors (Lipinski definition) is 2. The minimum absolute atomic E-state index is 0.0239. The SMILES string of the molecule is Cc1ccc(C)c(NC(=O)N2CC[NH+](CCc3ccccc3)CC2)c1. The molecule has 1 heterocycles. The first-order chi connectivity index (χ1) is 12.1. The second-order valence-corrected chi connectivity index (χ2v) is 6.97. The van der Waals surface area contributed by atoms with Gasteiger partial charge in [-0.1, -0.05) is 42.5 Å². The Morgan fingerprint density at radius 2 is 1.80 bits per heavy atom. The van der Waals surface area contributed by atoms with Gasteiger partial charge in [0, 0.05) is 12.1 Å². The van der Waals surface area contributed by atoms with Crippen LogP contribution in [-0.4, -0.2) is 43.7 Å². The summed E-state index contributed by atoms with van der Waals surface area (Å²) in [6.07, 6.45) is 1.10. The van der Waals surface area contributed by atoms with Crippen LogP contribution in [0.4, 0.5) is 10.5 Å². The zero-order valence-electron chi connectivity index (χ0n) is 15.2. The molecule has 1 aliphatic heterocycles. The monoisotopic (exact) mass is 338 g/mol. The Kier molecular flexibility index (Phi) is 5.71. The number of rotatable bonds is 4. The topological polar surface area (TPSA) is 36.8 Å². The molecule has 0 bridgehead atoms. The van der Waals surface area contributed by atoms with Crippen molar-refractivity contribution in [3.8, 4) is 0 Å². The quantitative estimate of drug-likeness (QED) is 0.882. The molecule has 4 heteroatoms. The van der Waals surface area contributed by atoms with Gasteiger partial charge >= 0.3 is 6.03 Å². The molecule has 0 aromatic heterocycles. The highest BCUT2D eigenvalue weighted by Gasteiger charge is 2.23. The average molecular weight is 338 g/mol. The van der Waals surface area contributed by atoms with Crippen LogP contribution in [0.1, 0.15) is 16.7 Å². The fourth-order valence-corrected chi connectivity index (χ4v) is 3.31. The summed E-state index contributed by atoms with van der Waals surface area (Å²) in [5.41, 5.74) is 4.58. The predicted octanol–water partition coefficient (Wildman–Crippen LogP) is 2.28. The summed E-state index contributed by atoms with van der Waals surface area (Å²) in [5, 5.41) is 3.07. The fraction of sp³-hybridized carbons (Fsp3) is 0.381. The number of hydrogen-bond acceptors (Lipinski definition) is 1. The van der Waals surface area contributed by atoms with Gasteiger partial charge in [-0.2, -0.15) is 0 Å². The van der Waals surface area contributed by atoms with Crippen molar-refractivity contribution in [2.45, 2.75) is 20.3 Å². The van der Waals surface area contributed by atoms with E-state index >= 15 is 0 Å². The molecule has 2 aromatic rings. The average Bonchev–Trinajstić information content (AvgIpc) is 2.64. The van der Waals surface area contributed by atoms with Crippen molar-refractivity contribution in [1.82, 2.24) is 4.90 Å². The van der Waals surface area contributed by atoms with Crippen LogP contribution < -0.4 is 10.2 Å². The van der Waals surface area contributed by atoms with E-state index < -0.39 is 0 Å². The number of nitrogens with one attached hydrogen (secondary N) is 2. The Labute approximate surface area is 150 Å². The fourth-order valence-electron chi connectivity index (χ4n) is 3.31. The summed E-state index contributed by atoms with van der Waals surface area (Å²) < 4.78 is 0. The van der Waals surface area contributed by atoms with Gasteiger partial charge < -0.3 is 15.1 Å². The van der Waals surface area contributed by atoms with Crippen LogP contribution in [-0.2, 0) is 6.42 Å². The van der Waals surface area contributed by atoms with Gasteiger partial charge in [0.15, 0.2) is 0 Å². The number of nitrogens with zero attached hydrogens (tertiary/aromatic N) is 1. The van der Waals surface area contributed by atoms with Crippen molar-refractivity contribution < 1.29 is 9.69 Å². The molecule has 0 radical (unpaired) electrons. The Hall–Kier alpha value is -2.33. The maximum Gasteiger partial charge on any atom is 0.322 e. The van der Waals surface area contributed by atoms with E-state index in [4.69, 9.17) is 0 Å². The van der Waals surface area contributed by atoms with Crippen molar-refractivity contribution in [2.24, 2.45) is 0 Å². The van der Waals surface area contributed by atoms with Gasteiger partial charge in [-0.05, 0) is 36.6 Å². The zero-order chi connectivity index (χ0) is 17.6. The second kappa shape index (κ2) is 8.17. The van der Waals surface area contributed by atoms with Crippen molar-refractivity contribution in [3.63, 3.8) is 0 Å². The Balaban J connectivity index is 1.47. The van der Waals surface area contributed by atoms with Crippen molar-refractivity contribution >= 4 is 11.7 Å². The molecule has 2 N–H and O–H groups in total. The van der Waals surface area contributed by atoms with Gasteiger partial charge in [-0.3, -0.25) is 0 Å². The van der Waals surface area contributed by atoms with E-state index in [0.717, 1.165) is 56.0 Å². The van der Waals surface area contributed by atoms with Gasteiger partial charge in [0.25, 0.3) is 0 Å². The van der Waals surface area contributed by atoms with E-state index in [1.54, 1.807) is 4.90 Å². The highest BCUT2D eigenvalue weighted by atomic mass is 16.2.